The Labute approximate surface area is 140 Å². The topological polar surface area (TPSA) is 55.4 Å². The first-order chi connectivity index (χ1) is 11.3. The van der Waals surface area contributed by atoms with Gasteiger partial charge in [0.05, 0.1) is 10.6 Å². The van der Waals surface area contributed by atoms with Crippen LogP contribution < -0.4 is 5.32 Å². The van der Waals surface area contributed by atoms with Gasteiger partial charge in [0.25, 0.3) is 5.91 Å². The first kappa shape index (κ1) is 17.8. The molecule has 4 nitrogen and oxygen atoms in total. The van der Waals surface area contributed by atoms with Crippen LogP contribution in [0.4, 0.5) is 18.9 Å². The number of ether oxygens (including phenoxy) is 1. The average Bonchev–Trinajstić information content (AvgIpc) is 2.52. The van der Waals surface area contributed by atoms with Crippen molar-refractivity contribution in [2.45, 2.75) is 13.0 Å². The van der Waals surface area contributed by atoms with E-state index >= 15 is 0 Å². The molecule has 0 saturated carbocycles. The third-order valence-corrected chi connectivity index (χ3v) is 3.31. The van der Waals surface area contributed by atoms with Gasteiger partial charge in [-0.3, -0.25) is 4.79 Å². The molecule has 0 heterocycles. The van der Waals surface area contributed by atoms with E-state index in [-0.39, 0.29) is 5.02 Å². The molecule has 1 amide bonds. The highest BCUT2D eigenvalue weighted by molar-refractivity contribution is 6.33. The minimum Gasteiger partial charge on any atom is -0.449 e. The van der Waals surface area contributed by atoms with Crippen LogP contribution in [0.3, 0.4) is 0 Å². The van der Waals surface area contributed by atoms with Crippen molar-refractivity contribution in [3.8, 4) is 0 Å². The van der Waals surface area contributed by atoms with Crippen molar-refractivity contribution in [2.75, 3.05) is 5.32 Å². The number of carbonyl (C=O) groups is 2. The van der Waals surface area contributed by atoms with Crippen molar-refractivity contribution in [2.24, 2.45) is 0 Å². The van der Waals surface area contributed by atoms with Crippen molar-refractivity contribution < 1.29 is 27.5 Å². The largest absolute Gasteiger partial charge is 0.449 e. The molecular weight excluding hydrogens is 347 g/mol. The van der Waals surface area contributed by atoms with Crippen molar-refractivity contribution >= 4 is 29.2 Å². The number of hydrogen-bond donors (Lipinski definition) is 1. The van der Waals surface area contributed by atoms with Crippen LogP contribution in [0.1, 0.15) is 17.3 Å². The Morgan fingerprint density at radius 3 is 2.29 bits per heavy atom. The molecule has 126 valence electrons. The number of halogens is 4. The molecule has 0 unspecified atom stereocenters. The molecule has 0 radical (unpaired) electrons. The molecule has 0 aromatic heterocycles. The summed E-state index contributed by atoms with van der Waals surface area (Å²) in [5.74, 6) is -4.72. The van der Waals surface area contributed by atoms with Crippen molar-refractivity contribution in [1.82, 2.24) is 0 Å². The summed E-state index contributed by atoms with van der Waals surface area (Å²) in [5.41, 5.74) is -0.104. The summed E-state index contributed by atoms with van der Waals surface area (Å²) in [6, 6.07) is 6.17. The zero-order chi connectivity index (χ0) is 17.9. The number of hydrogen-bond acceptors (Lipinski definition) is 3. The molecule has 1 atom stereocenters. The third kappa shape index (κ3) is 4.26. The first-order valence-corrected chi connectivity index (χ1v) is 7.07. The lowest BCUT2D eigenvalue weighted by atomic mass is 10.2. The van der Waals surface area contributed by atoms with E-state index < -0.39 is 41.0 Å². The van der Waals surface area contributed by atoms with E-state index in [2.05, 4.69) is 5.32 Å². The van der Waals surface area contributed by atoms with Crippen molar-refractivity contribution in [3.05, 3.63) is 64.4 Å². The van der Waals surface area contributed by atoms with Crippen LogP contribution in [0, 0.1) is 17.5 Å². The molecule has 0 spiro atoms. The fourth-order valence-electron chi connectivity index (χ4n) is 1.73. The monoisotopic (exact) mass is 357 g/mol. The molecule has 2 aromatic carbocycles. The van der Waals surface area contributed by atoms with Crippen LogP contribution in [0.5, 0.6) is 0 Å². The summed E-state index contributed by atoms with van der Waals surface area (Å²) in [4.78, 5) is 23.8. The van der Waals surface area contributed by atoms with Crippen LogP contribution in [-0.4, -0.2) is 18.0 Å². The maximum absolute atomic E-state index is 13.2. The zero-order valence-electron chi connectivity index (χ0n) is 12.3. The second-order valence-electron chi connectivity index (χ2n) is 4.79. The number of benzene rings is 2. The van der Waals surface area contributed by atoms with Gasteiger partial charge in [-0.15, -0.1) is 0 Å². The molecule has 0 aliphatic rings. The second kappa shape index (κ2) is 7.35. The molecule has 0 aliphatic heterocycles. The van der Waals surface area contributed by atoms with Gasteiger partial charge in [-0.25, -0.2) is 18.0 Å². The lowest BCUT2D eigenvalue weighted by Gasteiger charge is -2.14. The van der Waals surface area contributed by atoms with Gasteiger partial charge in [0.2, 0.25) is 0 Å². The molecule has 1 N–H and O–H groups in total. The normalized spacial score (nSPS) is 11.7. The maximum Gasteiger partial charge on any atom is 0.340 e. The summed E-state index contributed by atoms with van der Waals surface area (Å²) >= 11 is 5.66. The van der Waals surface area contributed by atoms with Gasteiger partial charge in [-0.1, -0.05) is 11.6 Å². The predicted octanol–water partition coefficient (Wildman–Crippen LogP) is 3.94. The highest BCUT2D eigenvalue weighted by Crippen LogP contribution is 2.21. The van der Waals surface area contributed by atoms with E-state index in [0.717, 1.165) is 12.1 Å². The molecule has 2 rings (SSSR count). The van der Waals surface area contributed by atoms with Crippen LogP contribution >= 0.6 is 11.6 Å². The van der Waals surface area contributed by atoms with Crippen LogP contribution in [0.25, 0.3) is 0 Å². The van der Waals surface area contributed by atoms with Crippen LogP contribution in [0.15, 0.2) is 36.4 Å². The Hall–Kier alpha value is -2.54. The fraction of sp³-hybridized carbons (Fsp3) is 0.125. The summed E-state index contributed by atoms with van der Waals surface area (Å²) < 4.78 is 43.8. The van der Waals surface area contributed by atoms with E-state index in [1.165, 1.54) is 19.1 Å². The number of anilines is 1. The van der Waals surface area contributed by atoms with Gasteiger partial charge >= 0.3 is 5.97 Å². The lowest BCUT2D eigenvalue weighted by Crippen LogP contribution is -2.30. The molecule has 0 bridgehead atoms. The lowest BCUT2D eigenvalue weighted by molar-refractivity contribution is -0.123. The smallest absolute Gasteiger partial charge is 0.340 e. The number of esters is 1. The zero-order valence-corrected chi connectivity index (χ0v) is 13.0. The molecule has 0 saturated heterocycles. The number of amides is 1. The Morgan fingerprint density at radius 2 is 1.67 bits per heavy atom. The summed E-state index contributed by atoms with van der Waals surface area (Å²) in [6.45, 7) is 1.28. The van der Waals surface area contributed by atoms with Crippen molar-refractivity contribution in [1.29, 1.82) is 0 Å². The highest BCUT2D eigenvalue weighted by atomic mass is 35.5. The van der Waals surface area contributed by atoms with Gasteiger partial charge < -0.3 is 10.1 Å². The molecule has 0 fully saturated rings. The SMILES string of the molecule is C[C@@H](OC(=O)c1cc(F)c(F)cc1Cl)C(=O)Nc1ccc(F)cc1. The number of nitrogens with one attached hydrogen (secondary N) is 1. The number of carbonyl (C=O) groups excluding carboxylic acids is 2. The van der Waals surface area contributed by atoms with E-state index in [0.29, 0.717) is 17.8 Å². The fourth-order valence-corrected chi connectivity index (χ4v) is 1.96. The van der Waals surface area contributed by atoms with E-state index in [1.807, 2.05) is 0 Å². The third-order valence-electron chi connectivity index (χ3n) is 2.99. The van der Waals surface area contributed by atoms with Gasteiger partial charge in [0.1, 0.15) is 5.82 Å². The Morgan fingerprint density at radius 1 is 1.08 bits per heavy atom. The summed E-state index contributed by atoms with van der Waals surface area (Å²) in [5, 5.41) is 2.07. The van der Waals surface area contributed by atoms with E-state index in [1.54, 1.807) is 0 Å². The predicted molar refractivity (Wildman–Crippen MR) is 81.3 cm³/mol. The minimum absolute atomic E-state index is 0.301. The average molecular weight is 358 g/mol. The van der Waals surface area contributed by atoms with Crippen LogP contribution in [0.2, 0.25) is 5.02 Å². The molecular formula is C16H11ClF3NO3. The molecule has 8 heteroatoms. The van der Waals surface area contributed by atoms with Gasteiger partial charge in [-0.2, -0.15) is 0 Å². The summed E-state index contributed by atoms with van der Waals surface area (Å²) in [6.07, 6.45) is -1.24. The molecule has 24 heavy (non-hydrogen) atoms. The van der Waals surface area contributed by atoms with Crippen molar-refractivity contribution in [3.63, 3.8) is 0 Å². The summed E-state index contributed by atoms with van der Waals surface area (Å²) in [7, 11) is 0. The van der Waals surface area contributed by atoms with Gasteiger partial charge in [-0.05, 0) is 43.3 Å². The Balaban J connectivity index is 2.04. The van der Waals surface area contributed by atoms with Gasteiger partial charge in [0, 0.05) is 5.69 Å². The Bertz CT molecular complexity index is 781. The van der Waals surface area contributed by atoms with Crippen LogP contribution in [-0.2, 0) is 9.53 Å². The van der Waals surface area contributed by atoms with E-state index in [9.17, 15) is 22.8 Å². The minimum atomic E-state index is -1.27. The van der Waals surface area contributed by atoms with Gasteiger partial charge in [0.15, 0.2) is 17.7 Å². The molecule has 2 aromatic rings. The standard InChI is InChI=1S/C16H11ClF3NO3/c1-8(15(22)21-10-4-2-9(18)3-5-10)24-16(23)11-6-13(19)14(20)7-12(11)17/h2-8H,1H3,(H,21,22)/t8-/m1/s1. The Kier molecular flexibility index (Phi) is 5.46. The molecule has 0 aliphatic carbocycles. The highest BCUT2D eigenvalue weighted by Gasteiger charge is 2.22. The second-order valence-corrected chi connectivity index (χ2v) is 5.20. The first-order valence-electron chi connectivity index (χ1n) is 6.70. The van der Waals surface area contributed by atoms with E-state index in [4.69, 9.17) is 16.3 Å². The maximum atomic E-state index is 13.2. The quantitative estimate of drug-likeness (QED) is 0.666. The number of rotatable bonds is 4.